The van der Waals surface area contributed by atoms with Crippen LogP contribution in [-0.2, 0) is 4.79 Å². The molecule has 1 saturated carbocycles. The van der Waals surface area contributed by atoms with Crippen LogP contribution in [0.5, 0.6) is 0 Å². The molecule has 1 saturated heterocycles. The number of rotatable bonds is 7. The van der Waals surface area contributed by atoms with Gasteiger partial charge in [-0.3, -0.25) is 14.7 Å². The minimum Gasteiger partial charge on any atom is -0.357 e. The second-order valence-corrected chi connectivity index (χ2v) is 7.15. The monoisotopic (exact) mass is 479 g/mol. The summed E-state index contributed by atoms with van der Waals surface area (Å²) in [5.41, 5.74) is 0. The van der Waals surface area contributed by atoms with E-state index in [4.69, 9.17) is 0 Å². The molecule has 26 heavy (non-hydrogen) atoms. The minimum atomic E-state index is -0.322. The van der Waals surface area contributed by atoms with Gasteiger partial charge in [0.25, 0.3) is 0 Å². The minimum absolute atomic E-state index is 0. The quantitative estimate of drug-likeness (QED) is 0.227. The Balaban J connectivity index is 0.00000338. The van der Waals surface area contributed by atoms with Gasteiger partial charge in [0.2, 0.25) is 5.91 Å². The molecule has 1 aliphatic carbocycles. The first-order valence-electron chi connectivity index (χ1n) is 9.66. The molecule has 0 aromatic rings. The Bertz CT molecular complexity index is 478. The molecule has 8 heteroatoms. The fourth-order valence-corrected chi connectivity index (χ4v) is 3.68. The molecule has 2 fully saturated rings. The number of nitrogens with zero attached hydrogens (tertiary/aromatic N) is 2. The molecule has 0 bridgehead atoms. The van der Waals surface area contributed by atoms with Gasteiger partial charge in [0.1, 0.15) is 0 Å². The number of imide groups is 1. The van der Waals surface area contributed by atoms with Crippen molar-refractivity contribution in [3.8, 4) is 0 Å². The third-order valence-electron chi connectivity index (χ3n) is 5.42. The first kappa shape index (κ1) is 23.0. The van der Waals surface area contributed by atoms with E-state index < -0.39 is 0 Å². The number of amides is 3. The number of hydrogen-bond acceptors (Lipinski definition) is 3. The van der Waals surface area contributed by atoms with Crippen molar-refractivity contribution in [1.82, 2.24) is 20.9 Å². The van der Waals surface area contributed by atoms with Gasteiger partial charge in [-0.05, 0) is 25.7 Å². The lowest BCUT2D eigenvalue weighted by Crippen LogP contribution is -2.46. The van der Waals surface area contributed by atoms with E-state index in [9.17, 15) is 9.59 Å². The number of guanidine groups is 1. The third kappa shape index (κ3) is 6.59. The zero-order valence-electron chi connectivity index (χ0n) is 16.2. The SMILES string of the molecule is CCNC(=NCCN1C(=O)CNC1=O)NC(C)C(C)C1CCCCC1.I. The Hall–Kier alpha value is -1.06. The van der Waals surface area contributed by atoms with Crippen molar-refractivity contribution in [2.24, 2.45) is 16.8 Å². The number of carbonyl (C=O) groups is 2. The molecule has 2 unspecified atom stereocenters. The summed E-state index contributed by atoms with van der Waals surface area (Å²) in [4.78, 5) is 28.9. The van der Waals surface area contributed by atoms with Crippen LogP contribution in [0.4, 0.5) is 4.79 Å². The predicted molar refractivity (Wildman–Crippen MR) is 115 cm³/mol. The van der Waals surface area contributed by atoms with Crippen LogP contribution in [-0.4, -0.2) is 55.0 Å². The molecule has 7 nitrogen and oxygen atoms in total. The summed E-state index contributed by atoms with van der Waals surface area (Å²) in [7, 11) is 0. The zero-order chi connectivity index (χ0) is 18.2. The Morgan fingerprint density at radius 3 is 2.54 bits per heavy atom. The van der Waals surface area contributed by atoms with E-state index >= 15 is 0 Å². The summed E-state index contributed by atoms with van der Waals surface area (Å²) in [6.07, 6.45) is 6.72. The highest BCUT2D eigenvalue weighted by molar-refractivity contribution is 14.0. The summed E-state index contributed by atoms with van der Waals surface area (Å²) in [6.45, 7) is 8.15. The van der Waals surface area contributed by atoms with Gasteiger partial charge >= 0.3 is 6.03 Å². The lowest BCUT2D eigenvalue weighted by molar-refractivity contribution is -0.124. The van der Waals surface area contributed by atoms with Crippen LogP contribution in [0.3, 0.4) is 0 Å². The first-order chi connectivity index (χ1) is 12.0. The van der Waals surface area contributed by atoms with E-state index in [1.807, 2.05) is 6.92 Å². The van der Waals surface area contributed by atoms with E-state index in [1.54, 1.807) is 0 Å². The maximum Gasteiger partial charge on any atom is 0.324 e. The Labute approximate surface area is 174 Å². The van der Waals surface area contributed by atoms with E-state index in [-0.39, 0.29) is 42.5 Å². The lowest BCUT2D eigenvalue weighted by atomic mass is 9.78. The number of urea groups is 1. The number of aliphatic imine (C=N–C) groups is 1. The predicted octanol–water partition coefficient (Wildman–Crippen LogP) is 2.32. The van der Waals surface area contributed by atoms with Crippen LogP contribution in [0.15, 0.2) is 4.99 Å². The summed E-state index contributed by atoms with van der Waals surface area (Å²) in [5.74, 6) is 1.95. The molecule has 1 aliphatic heterocycles. The fraction of sp³-hybridized carbons (Fsp3) is 0.833. The second kappa shape index (κ2) is 11.6. The van der Waals surface area contributed by atoms with Crippen molar-refractivity contribution >= 4 is 41.9 Å². The third-order valence-corrected chi connectivity index (χ3v) is 5.42. The second-order valence-electron chi connectivity index (χ2n) is 7.15. The van der Waals surface area contributed by atoms with Gasteiger partial charge in [-0.2, -0.15) is 0 Å². The van der Waals surface area contributed by atoms with Gasteiger partial charge in [0.15, 0.2) is 5.96 Å². The van der Waals surface area contributed by atoms with Gasteiger partial charge in [-0.25, -0.2) is 4.79 Å². The average Bonchev–Trinajstić information content (AvgIpc) is 2.93. The Morgan fingerprint density at radius 2 is 1.96 bits per heavy atom. The van der Waals surface area contributed by atoms with Crippen molar-refractivity contribution in [3.05, 3.63) is 0 Å². The molecule has 3 amide bonds. The van der Waals surface area contributed by atoms with Crippen molar-refractivity contribution in [2.45, 2.75) is 58.9 Å². The van der Waals surface area contributed by atoms with Crippen LogP contribution >= 0.6 is 24.0 Å². The molecule has 2 aliphatic rings. The highest BCUT2D eigenvalue weighted by atomic mass is 127. The molecule has 0 spiro atoms. The van der Waals surface area contributed by atoms with Crippen LogP contribution in [0.1, 0.15) is 52.9 Å². The Kier molecular flexibility index (Phi) is 10.3. The number of carbonyl (C=O) groups excluding carboxylic acids is 2. The van der Waals surface area contributed by atoms with Gasteiger partial charge in [-0.1, -0.05) is 39.0 Å². The molecule has 3 N–H and O–H groups in total. The van der Waals surface area contributed by atoms with Crippen LogP contribution < -0.4 is 16.0 Å². The molecule has 0 aromatic carbocycles. The van der Waals surface area contributed by atoms with Crippen LogP contribution in [0.25, 0.3) is 0 Å². The van der Waals surface area contributed by atoms with E-state index in [0.29, 0.717) is 25.0 Å². The highest BCUT2D eigenvalue weighted by Crippen LogP contribution is 2.31. The summed E-state index contributed by atoms with van der Waals surface area (Å²) < 4.78 is 0. The smallest absolute Gasteiger partial charge is 0.324 e. The molecule has 2 atom stereocenters. The summed E-state index contributed by atoms with van der Waals surface area (Å²) in [5, 5.41) is 9.28. The number of hydrogen-bond donors (Lipinski definition) is 3. The van der Waals surface area contributed by atoms with Crippen molar-refractivity contribution < 1.29 is 9.59 Å². The number of nitrogens with one attached hydrogen (secondary N) is 3. The van der Waals surface area contributed by atoms with Gasteiger partial charge in [0.05, 0.1) is 19.6 Å². The maximum absolute atomic E-state index is 11.6. The molecule has 0 aromatic heterocycles. The van der Waals surface area contributed by atoms with Crippen LogP contribution in [0.2, 0.25) is 0 Å². The van der Waals surface area contributed by atoms with Crippen molar-refractivity contribution in [1.29, 1.82) is 0 Å². The average molecular weight is 479 g/mol. The maximum atomic E-state index is 11.6. The fourth-order valence-electron chi connectivity index (χ4n) is 3.68. The van der Waals surface area contributed by atoms with E-state index in [0.717, 1.165) is 18.4 Å². The standard InChI is InChI=1S/C18H33N5O2.HI/c1-4-19-17(20-10-11-23-16(24)12-21-18(23)25)22-14(3)13(2)15-8-6-5-7-9-15;/h13-15H,4-12H2,1-3H3,(H,21,25)(H2,19,20,22);1H. The normalized spacial score (nSPS) is 21.0. The topological polar surface area (TPSA) is 85.8 Å². The molecule has 2 rings (SSSR count). The zero-order valence-corrected chi connectivity index (χ0v) is 18.5. The van der Waals surface area contributed by atoms with E-state index in [2.05, 4.69) is 34.8 Å². The Morgan fingerprint density at radius 1 is 1.27 bits per heavy atom. The number of halogens is 1. The van der Waals surface area contributed by atoms with Gasteiger partial charge in [0, 0.05) is 12.6 Å². The molecular weight excluding hydrogens is 445 g/mol. The molecule has 150 valence electrons. The van der Waals surface area contributed by atoms with Crippen LogP contribution in [0, 0.1) is 11.8 Å². The van der Waals surface area contributed by atoms with Crippen molar-refractivity contribution in [3.63, 3.8) is 0 Å². The van der Waals surface area contributed by atoms with Gasteiger partial charge < -0.3 is 16.0 Å². The largest absolute Gasteiger partial charge is 0.357 e. The summed E-state index contributed by atoms with van der Waals surface area (Å²) >= 11 is 0. The molecule has 1 heterocycles. The molecule has 0 radical (unpaired) electrons. The molecular formula is C18H34IN5O2. The lowest BCUT2D eigenvalue weighted by Gasteiger charge is -2.33. The van der Waals surface area contributed by atoms with E-state index in [1.165, 1.54) is 37.0 Å². The summed E-state index contributed by atoms with van der Waals surface area (Å²) in [6, 6.07) is 0.00932. The first-order valence-corrected chi connectivity index (χ1v) is 9.66. The highest BCUT2D eigenvalue weighted by Gasteiger charge is 2.28. The van der Waals surface area contributed by atoms with Gasteiger partial charge in [-0.15, -0.1) is 24.0 Å². The van der Waals surface area contributed by atoms with Crippen molar-refractivity contribution in [2.75, 3.05) is 26.2 Å².